The van der Waals surface area contributed by atoms with Crippen molar-refractivity contribution in [3.63, 3.8) is 0 Å². The van der Waals surface area contributed by atoms with Crippen LogP contribution in [0.4, 0.5) is 4.79 Å². The quantitative estimate of drug-likeness (QED) is 0.849. The van der Waals surface area contributed by atoms with Gasteiger partial charge in [-0.2, -0.15) is 0 Å². The summed E-state index contributed by atoms with van der Waals surface area (Å²) in [5.74, 6) is 0.335. The predicted octanol–water partition coefficient (Wildman–Crippen LogP) is 1.31. The molecule has 1 heterocycles. The summed E-state index contributed by atoms with van der Waals surface area (Å²) in [7, 11) is -3.38. The maximum atomic E-state index is 11.8. The Kier molecular flexibility index (Phi) is 5.20. The Labute approximate surface area is 115 Å². The number of likely N-dealkylation sites (tertiary alicyclic amines) is 1. The molecule has 0 saturated carbocycles. The Balaban J connectivity index is 2.35. The SMILES string of the molecule is CC(C)(C)OC(=O)N1CCC(CCS(N)(=O)=O)CC1. The molecule has 0 unspecified atom stereocenters. The third kappa shape index (κ3) is 6.77. The molecule has 0 bridgehead atoms. The molecule has 0 aliphatic carbocycles. The highest BCUT2D eigenvalue weighted by atomic mass is 32.2. The van der Waals surface area contributed by atoms with Crippen LogP contribution >= 0.6 is 0 Å². The van der Waals surface area contributed by atoms with Gasteiger partial charge < -0.3 is 9.64 Å². The van der Waals surface area contributed by atoms with Crippen molar-refractivity contribution in [2.75, 3.05) is 18.8 Å². The fourth-order valence-electron chi connectivity index (χ4n) is 2.06. The molecule has 0 radical (unpaired) electrons. The third-order valence-corrected chi connectivity index (χ3v) is 3.88. The summed E-state index contributed by atoms with van der Waals surface area (Å²) < 4.78 is 27.1. The van der Waals surface area contributed by atoms with Crippen LogP contribution in [0, 0.1) is 5.92 Å². The highest BCUT2D eigenvalue weighted by molar-refractivity contribution is 7.89. The molecule has 0 aromatic rings. The third-order valence-electron chi connectivity index (χ3n) is 3.08. The van der Waals surface area contributed by atoms with Gasteiger partial charge in [-0.3, -0.25) is 0 Å². The molecule has 1 fully saturated rings. The topological polar surface area (TPSA) is 89.7 Å². The van der Waals surface area contributed by atoms with Gasteiger partial charge >= 0.3 is 6.09 Å². The van der Waals surface area contributed by atoms with Crippen LogP contribution in [-0.2, 0) is 14.8 Å². The zero-order valence-electron chi connectivity index (χ0n) is 11.9. The highest BCUT2D eigenvalue weighted by Gasteiger charge is 2.27. The molecule has 1 aliphatic rings. The van der Waals surface area contributed by atoms with E-state index in [9.17, 15) is 13.2 Å². The Hall–Kier alpha value is -0.820. The van der Waals surface area contributed by atoms with E-state index in [0.717, 1.165) is 12.8 Å². The van der Waals surface area contributed by atoms with E-state index in [-0.39, 0.29) is 11.8 Å². The summed E-state index contributed by atoms with van der Waals surface area (Å²) in [6.45, 7) is 6.74. The summed E-state index contributed by atoms with van der Waals surface area (Å²) in [5.41, 5.74) is -0.485. The number of carbonyl (C=O) groups excluding carboxylic acids is 1. The van der Waals surface area contributed by atoms with Crippen molar-refractivity contribution in [2.45, 2.75) is 45.6 Å². The average molecular weight is 292 g/mol. The lowest BCUT2D eigenvalue weighted by molar-refractivity contribution is 0.0183. The maximum Gasteiger partial charge on any atom is 0.410 e. The molecule has 0 aromatic heterocycles. The molecule has 1 rings (SSSR count). The summed E-state index contributed by atoms with van der Waals surface area (Å²) in [4.78, 5) is 13.5. The lowest BCUT2D eigenvalue weighted by Gasteiger charge is -2.33. The number of hydrogen-bond donors (Lipinski definition) is 1. The van der Waals surface area contributed by atoms with Crippen molar-refractivity contribution in [1.82, 2.24) is 4.90 Å². The number of rotatable bonds is 3. The van der Waals surface area contributed by atoms with Gasteiger partial charge in [-0.25, -0.2) is 18.4 Å². The van der Waals surface area contributed by atoms with Gasteiger partial charge in [0.1, 0.15) is 5.60 Å². The van der Waals surface area contributed by atoms with Gasteiger partial charge in [0.2, 0.25) is 10.0 Å². The maximum absolute atomic E-state index is 11.8. The number of nitrogens with zero attached hydrogens (tertiary/aromatic N) is 1. The Morgan fingerprint density at radius 2 is 1.84 bits per heavy atom. The molecule has 0 aromatic carbocycles. The van der Waals surface area contributed by atoms with Crippen molar-refractivity contribution >= 4 is 16.1 Å². The lowest BCUT2D eigenvalue weighted by atomic mass is 9.95. The summed E-state index contributed by atoms with van der Waals surface area (Å²) in [6.07, 6.45) is 1.88. The normalized spacial score (nSPS) is 18.4. The van der Waals surface area contributed by atoms with E-state index in [1.54, 1.807) is 4.90 Å². The van der Waals surface area contributed by atoms with E-state index in [1.807, 2.05) is 20.8 Å². The van der Waals surface area contributed by atoms with E-state index in [1.165, 1.54) is 0 Å². The van der Waals surface area contributed by atoms with Gasteiger partial charge in [0.25, 0.3) is 0 Å². The van der Waals surface area contributed by atoms with E-state index < -0.39 is 15.6 Å². The molecule has 19 heavy (non-hydrogen) atoms. The van der Waals surface area contributed by atoms with Gasteiger partial charge in [-0.15, -0.1) is 0 Å². The van der Waals surface area contributed by atoms with E-state index in [0.29, 0.717) is 25.4 Å². The molecule has 2 N–H and O–H groups in total. The number of piperidine rings is 1. The van der Waals surface area contributed by atoms with Crippen molar-refractivity contribution in [2.24, 2.45) is 11.1 Å². The average Bonchev–Trinajstić information content (AvgIpc) is 2.23. The molecule has 6 nitrogen and oxygen atoms in total. The minimum atomic E-state index is -3.38. The first-order valence-electron chi connectivity index (χ1n) is 6.55. The molecule has 1 saturated heterocycles. The second kappa shape index (κ2) is 6.09. The van der Waals surface area contributed by atoms with Crippen molar-refractivity contribution in [1.29, 1.82) is 0 Å². The number of nitrogens with two attached hydrogens (primary N) is 1. The zero-order chi connectivity index (χ0) is 14.7. The van der Waals surface area contributed by atoms with Gasteiger partial charge in [-0.05, 0) is 46.0 Å². The number of hydrogen-bond acceptors (Lipinski definition) is 4. The zero-order valence-corrected chi connectivity index (χ0v) is 12.7. The summed E-state index contributed by atoms with van der Waals surface area (Å²) in [6, 6.07) is 0. The first-order valence-corrected chi connectivity index (χ1v) is 8.27. The highest BCUT2D eigenvalue weighted by Crippen LogP contribution is 2.22. The van der Waals surface area contributed by atoms with Gasteiger partial charge in [-0.1, -0.05) is 0 Å². The molecule has 112 valence electrons. The molecule has 0 spiro atoms. The smallest absolute Gasteiger partial charge is 0.410 e. The number of amides is 1. The van der Waals surface area contributed by atoms with Crippen LogP contribution in [0.25, 0.3) is 0 Å². The monoisotopic (exact) mass is 292 g/mol. The summed E-state index contributed by atoms with van der Waals surface area (Å²) >= 11 is 0. The Bertz CT molecular complexity index is 406. The minimum Gasteiger partial charge on any atom is -0.444 e. The van der Waals surface area contributed by atoms with Crippen LogP contribution in [0.3, 0.4) is 0 Å². The van der Waals surface area contributed by atoms with E-state index >= 15 is 0 Å². The van der Waals surface area contributed by atoms with Crippen molar-refractivity contribution < 1.29 is 17.9 Å². The molecule has 0 atom stereocenters. The second-order valence-corrected chi connectivity index (χ2v) is 7.80. The first-order chi connectivity index (χ1) is 8.57. The number of carbonyl (C=O) groups is 1. The summed E-state index contributed by atoms with van der Waals surface area (Å²) in [5, 5.41) is 4.99. The van der Waals surface area contributed by atoms with E-state index in [2.05, 4.69) is 0 Å². The Morgan fingerprint density at radius 1 is 1.32 bits per heavy atom. The van der Waals surface area contributed by atoms with Crippen molar-refractivity contribution in [3.8, 4) is 0 Å². The molecule has 1 aliphatic heterocycles. The van der Waals surface area contributed by atoms with E-state index in [4.69, 9.17) is 9.88 Å². The minimum absolute atomic E-state index is 0.0180. The largest absolute Gasteiger partial charge is 0.444 e. The van der Waals surface area contributed by atoms with Gasteiger partial charge in [0.05, 0.1) is 5.75 Å². The molecular formula is C12H24N2O4S. The molecule has 7 heteroatoms. The van der Waals surface area contributed by atoms with Crippen LogP contribution < -0.4 is 5.14 Å². The first kappa shape index (κ1) is 16.2. The molecular weight excluding hydrogens is 268 g/mol. The number of primary sulfonamides is 1. The fourth-order valence-corrected chi connectivity index (χ4v) is 2.72. The predicted molar refractivity (Wildman–Crippen MR) is 73.1 cm³/mol. The van der Waals surface area contributed by atoms with Crippen LogP contribution in [0.5, 0.6) is 0 Å². The lowest BCUT2D eigenvalue weighted by Crippen LogP contribution is -2.42. The second-order valence-electron chi connectivity index (χ2n) is 6.07. The van der Waals surface area contributed by atoms with Crippen LogP contribution in [0.2, 0.25) is 0 Å². The molecule has 1 amide bonds. The van der Waals surface area contributed by atoms with Gasteiger partial charge in [0, 0.05) is 13.1 Å². The van der Waals surface area contributed by atoms with Crippen LogP contribution in [0.1, 0.15) is 40.0 Å². The fraction of sp³-hybridized carbons (Fsp3) is 0.917. The van der Waals surface area contributed by atoms with Crippen LogP contribution in [-0.4, -0.2) is 43.9 Å². The van der Waals surface area contributed by atoms with Crippen molar-refractivity contribution in [3.05, 3.63) is 0 Å². The van der Waals surface area contributed by atoms with Crippen LogP contribution in [0.15, 0.2) is 0 Å². The van der Waals surface area contributed by atoms with Gasteiger partial charge in [0.15, 0.2) is 0 Å². The number of ether oxygens (including phenoxy) is 1. The number of sulfonamides is 1. The standard InChI is InChI=1S/C12H24N2O4S/c1-12(2,3)18-11(15)14-7-4-10(5-8-14)6-9-19(13,16)17/h10H,4-9H2,1-3H3,(H2,13,16,17). The Morgan fingerprint density at radius 3 is 2.26 bits per heavy atom.